The molecule has 130 valence electrons. The number of amides is 1. The topological polar surface area (TPSA) is 119 Å². The van der Waals surface area contributed by atoms with Crippen LogP contribution in [0, 0.1) is 5.92 Å². The molecule has 0 spiro atoms. The summed E-state index contributed by atoms with van der Waals surface area (Å²) in [6.45, 7) is 7.26. The average Bonchev–Trinajstić information content (AvgIpc) is 3.17. The van der Waals surface area contributed by atoms with Crippen LogP contribution in [0.25, 0.3) is 0 Å². The maximum atomic E-state index is 11.9. The number of carbonyl (C=O) groups excluding carboxylic acids is 2. The van der Waals surface area contributed by atoms with E-state index in [1.54, 1.807) is 0 Å². The molecule has 1 fully saturated rings. The number of carboxylic acid groups (broad SMARTS) is 1. The summed E-state index contributed by atoms with van der Waals surface area (Å²) >= 11 is 0. The molecule has 1 rings (SSSR count). The minimum absolute atomic E-state index is 0.0353. The molecule has 0 aromatic carbocycles. The molecule has 1 aliphatic rings. The Kier molecular flexibility index (Phi) is 6.75. The van der Waals surface area contributed by atoms with Crippen molar-refractivity contribution < 1.29 is 24.2 Å². The minimum atomic E-state index is -1.43. The van der Waals surface area contributed by atoms with Crippen LogP contribution in [0.2, 0.25) is 0 Å². The smallest absolute Gasteiger partial charge is 0.329 e. The van der Waals surface area contributed by atoms with Crippen LogP contribution in [-0.2, 0) is 19.1 Å². The lowest BCUT2D eigenvalue weighted by molar-refractivity contribution is -0.149. The molecule has 4 N–H and O–H groups in total. The van der Waals surface area contributed by atoms with Crippen LogP contribution in [0.15, 0.2) is 12.7 Å². The number of carboxylic acids is 1. The van der Waals surface area contributed by atoms with E-state index in [1.165, 1.54) is 6.08 Å². The number of carbonyl (C=O) groups is 3. The largest absolute Gasteiger partial charge is 0.479 e. The third-order valence-corrected chi connectivity index (χ3v) is 4.10. The van der Waals surface area contributed by atoms with Gasteiger partial charge in [0, 0.05) is 5.92 Å². The van der Waals surface area contributed by atoms with Gasteiger partial charge in [-0.1, -0.05) is 25.8 Å². The summed E-state index contributed by atoms with van der Waals surface area (Å²) in [5.74, 6) is -2.70. The van der Waals surface area contributed by atoms with Gasteiger partial charge in [0.1, 0.15) is 11.6 Å². The van der Waals surface area contributed by atoms with Gasteiger partial charge in [0.05, 0.1) is 12.5 Å². The molecule has 1 aliphatic carbocycles. The number of nitrogens with two attached hydrogens (primary N) is 1. The van der Waals surface area contributed by atoms with Gasteiger partial charge < -0.3 is 20.9 Å². The predicted molar refractivity (Wildman–Crippen MR) is 84.5 cm³/mol. The van der Waals surface area contributed by atoms with Gasteiger partial charge in [-0.15, -0.1) is 6.58 Å². The number of hydrogen-bond acceptors (Lipinski definition) is 5. The standard InChI is InChI=1S/C16H26N2O5/c1-4-6-7-10(3)23-13(19)8-11-9-16(11,15(21)22)18-14(20)12(17)5-2/h5,10-12H,2,4,6-9,17H2,1,3H3,(H,18,20)(H,21,22)/t10?,11?,12-,16?/m0/s1. The fraction of sp³-hybridized carbons (Fsp3) is 0.688. The Morgan fingerprint density at radius 2 is 2.17 bits per heavy atom. The predicted octanol–water partition coefficient (Wildman–Crippen LogP) is 0.971. The molecule has 0 bridgehead atoms. The Bertz CT molecular complexity index is 479. The zero-order valence-electron chi connectivity index (χ0n) is 13.7. The fourth-order valence-corrected chi connectivity index (χ4v) is 2.48. The number of aliphatic carboxylic acids is 1. The number of esters is 1. The third kappa shape index (κ3) is 5.06. The summed E-state index contributed by atoms with van der Waals surface area (Å²) in [4.78, 5) is 35.1. The second-order valence-electron chi connectivity index (χ2n) is 6.08. The summed E-state index contributed by atoms with van der Waals surface area (Å²) in [7, 11) is 0. The second kappa shape index (κ2) is 8.10. The van der Waals surface area contributed by atoms with E-state index in [2.05, 4.69) is 18.8 Å². The molecule has 4 atom stereocenters. The third-order valence-electron chi connectivity index (χ3n) is 4.10. The summed E-state index contributed by atoms with van der Waals surface area (Å²) in [5, 5.41) is 11.8. The molecule has 0 aromatic rings. The van der Waals surface area contributed by atoms with Crippen LogP contribution in [0.3, 0.4) is 0 Å². The molecule has 7 heteroatoms. The molecule has 0 saturated heterocycles. The van der Waals surface area contributed by atoms with Gasteiger partial charge in [0.25, 0.3) is 0 Å². The number of rotatable bonds is 10. The highest BCUT2D eigenvalue weighted by molar-refractivity contribution is 5.93. The summed E-state index contributed by atoms with van der Waals surface area (Å²) in [6.07, 6.45) is 3.95. The van der Waals surface area contributed by atoms with Gasteiger partial charge in [0.15, 0.2) is 0 Å². The Morgan fingerprint density at radius 3 is 2.70 bits per heavy atom. The van der Waals surface area contributed by atoms with Crippen molar-refractivity contribution in [2.75, 3.05) is 0 Å². The highest BCUT2D eigenvalue weighted by Crippen LogP contribution is 2.46. The van der Waals surface area contributed by atoms with E-state index in [-0.39, 0.29) is 18.9 Å². The van der Waals surface area contributed by atoms with E-state index in [9.17, 15) is 19.5 Å². The van der Waals surface area contributed by atoms with Crippen LogP contribution in [-0.4, -0.2) is 40.6 Å². The highest BCUT2D eigenvalue weighted by Gasteiger charge is 2.62. The number of unbranched alkanes of at least 4 members (excludes halogenated alkanes) is 1. The maximum Gasteiger partial charge on any atom is 0.329 e. The summed E-state index contributed by atoms with van der Waals surface area (Å²) in [6, 6.07) is -0.978. The molecule has 7 nitrogen and oxygen atoms in total. The van der Waals surface area contributed by atoms with E-state index in [0.717, 1.165) is 19.3 Å². The summed E-state index contributed by atoms with van der Waals surface area (Å²) < 4.78 is 5.26. The van der Waals surface area contributed by atoms with Gasteiger partial charge in [-0.2, -0.15) is 0 Å². The van der Waals surface area contributed by atoms with E-state index in [0.29, 0.717) is 0 Å². The lowest BCUT2D eigenvalue weighted by atomic mass is 10.1. The van der Waals surface area contributed by atoms with Crippen LogP contribution in [0.1, 0.15) is 46.0 Å². The van der Waals surface area contributed by atoms with Gasteiger partial charge in [-0.25, -0.2) is 4.79 Å². The first-order valence-corrected chi connectivity index (χ1v) is 7.89. The number of hydrogen-bond donors (Lipinski definition) is 3. The Hall–Kier alpha value is -1.89. The van der Waals surface area contributed by atoms with Crippen molar-refractivity contribution in [2.45, 2.75) is 63.6 Å². The molecular weight excluding hydrogens is 300 g/mol. The van der Waals surface area contributed by atoms with Crippen molar-refractivity contribution in [3.8, 4) is 0 Å². The average molecular weight is 326 g/mol. The van der Waals surface area contributed by atoms with Gasteiger partial charge in [-0.05, 0) is 19.8 Å². The van der Waals surface area contributed by atoms with Crippen LogP contribution in [0.5, 0.6) is 0 Å². The lowest BCUT2D eigenvalue weighted by Gasteiger charge is -2.17. The minimum Gasteiger partial charge on any atom is -0.479 e. The molecule has 0 aliphatic heterocycles. The van der Waals surface area contributed by atoms with Crippen molar-refractivity contribution in [1.82, 2.24) is 5.32 Å². The molecular formula is C16H26N2O5. The molecule has 0 aromatic heterocycles. The maximum absolute atomic E-state index is 11.9. The SMILES string of the molecule is C=C[C@H](N)C(=O)NC1(C(=O)O)CC1CC(=O)OC(C)CCCC. The zero-order valence-corrected chi connectivity index (χ0v) is 13.7. The van der Waals surface area contributed by atoms with Gasteiger partial charge >= 0.3 is 11.9 Å². The van der Waals surface area contributed by atoms with E-state index in [4.69, 9.17) is 10.5 Å². The molecule has 3 unspecified atom stereocenters. The van der Waals surface area contributed by atoms with E-state index >= 15 is 0 Å². The molecule has 23 heavy (non-hydrogen) atoms. The molecule has 1 saturated carbocycles. The van der Waals surface area contributed by atoms with Gasteiger partial charge in [0.2, 0.25) is 5.91 Å². The number of nitrogens with one attached hydrogen (secondary N) is 1. The van der Waals surface area contributed by atoms with Crippen molar-refractivity contribution in [3.05, 3.63) is 12.7 Å². The second-order valence-corrected chi connectivity index (χ2v) is 6.08. The van der Waals surface area contributed by atoms with Crippen molar-refractivity contribution in [3.63, 3.8) is 0 Å². The van der Waals surface area contributed by atoms with Crippen molar-refractivity contribution >= 4 is 17.8 Å². The molecule has 0 radical (unpaired) electrons. The lowest BCUT2D eigenvalue weighted by Crippen LogP contribution is -2.50. The van der Waals surface area contributed by atoms with Crippen LogP contribution in [0.4, 0.5) is 0 Å². The normalized spacial score (nSPS) is 25.1. The number of ether oxygens (including phenoxy) is 1. The Labute approximate surface area is 136 Å². The molecule has 1 amide bonds. The van der Waals surface area contributed by atoms with E-state index < -0.39 is 35.3 Å². The van der Waals surface area contributed by atoms with Gasteiger partial charge in [-0.3, -0.25) is 9.59 Å². The monoisotopic (exact) mass is 326 g/mol. The summed E-state index contributed by atoms with van der Waals surface area (Å²) in [5.41, 5.74) is 4.07. The van der Waals surface area contributed by atoms with E-state index in [1.807, 2.05) is 6.92 Å². The Balaban J connectivity index is 2.55. The van der Waals surface area contributed by atoms with Crippen molar-refractivity contribution in [1.29, 1.82) is 0 Å². The van der Waals surface area contributed by atoms with Crippen LogP contribution < -0.4 is 11.1 Å². The first-order valence-electron chi connectivity index (χ1n) is 7.89. The quantitative estimate of drug-likeness (QED) is 0.406. The first-order chi connectivity index (χ1) is 10.8. The zero-order chi connectivity index (χ0) is 17.6. The fourth-order valence-electron chi connectivity index (χ4n) is 2.48. The molecule has 0 heterocycles. The van der Waals surface area contributed by atoms with Crippen molar-refractivity contribution in [2.24, 2.45) is 11.7 Å². The first kappa shape index (κ1) is 19.2. The van der Waals surface area contributed by atoms with Crippen LogP contribution >= 0.6 is 0 Å². The Morgan fingerprint density at radius 1 is 1.52 bits per heavy atom. The highest BCUT2D eigenvalue weighted by atomic mass is 16.5.